The van der Waals surface area contributed by atoms with Crippen LogP contribution in [0, 0.1) is 0 Å². The Balaban J connectivity index is 1.74. The van der Waals surface area contributed by atoms with E-state index in [1.807, 2.05) is 73.5 Å². The third-order valence-corrected chi connectivity index (χ3v) is 7.17. The van der Waals surface area contributed by atoms with Crippen LogP contribution in [-0.4, -0.2) is 41.2 Å². The van der Waals surface area contributed by atoms with Crippen molar-refractivity contribution in [3.8, 4) is 0 Å². The predicted molar refractivity (Wildman–Crippen MR) is 165 cm³/mol. The lowest BCUT2D eigenvalue weighted by molar-refractivity contribution is -0.154. The summed E-state index contributed by atoms with van der Waals surface area (Å²) in [7, 11) is 0. The third kappa shape index (κ3) is 11.4. The molecule has 0 radical (unpaired) electrons. The van der Waals surface area contributed by atoms with E-state index in [0.29, 0.717) is 37.9 Å². The second kappa shape index (κ2) is 16.3. The average Bonchev–Trinajstić information content (AvgIpc) is 3.49. The van der Waals surface area contributed by atoms with Gasteiger partial charge in [0, 0.05) is 47.1 Å². The van der Waals surface area contributed by atoms with Gasteiger partial charge in [-0.15, -0.1) is 11.3 Å². The molecular weight excluding hydrogens is 568 g/mol. The Morgan fingerprint density at radius 1 is 0.977 bits per heavy atom. The van der Waals surface area contributed by atoms with Gasteiger partial charge in [-0.05, 0) is 61.7 Å². The zero-order chi connectivity index (χ0) is 31.1. The van der Waals surface area contributed by atoms with Crippen molar-refractivity contribution in [3.05, 3.63) is 98.6 Å². The van der Waals surface area contributed by atoms with Gasteiger partial charge in [0.2, 0.25) is 5.72 Å². The molecule has 0 spiro atoms. The highest BCUT2D eigenvalue weighted by Crippen LogP contribution is 2.29. The molecule has 0 aliphatic rings. The van der Waals surface area contributed by atoms with Gasteiger partial charge >= 0.3 is 12.2 Å². The fourth-order valence-electron chi connectivity index (χ4n) is 4.25. The Hall–Kier alpha value is -4.38. The van der Waals surface area contributed by atoms with E-state index >= 15 is 0 Å². The summed E-state index contributed by atoms with van der Waals surface area (Å²) in [5.41, 5.74) is 8.74. The minimum atomic E-state index is -1.60. The third-order valence-electron chi connectivity index (χ3n) is 6.31. The highest BCUT2D eigenvalue weighted by atomic mass is 32.1. The summed E-state index contributed by atoms with van der Waals surface area (Å²) >= 11 is 1.53. The van der Waals surface area contributed by atoms with E-state index in [0.717, 1.165) is 16.0 Å². The van der Waals surface area contributed by atoms with E-state index in [-0.39, 0.29) is 19.6 Å². The van der Waals surface area contributed by atoms with Gasteiger partial charge < -0.3 is 20.1 Å². The van der Waals surface area contributed by atoms with Crippen LogP contribution in [0.5, 0.6) is 0 Å². The molecule has 2 aromatic carbocycles. The first-order valence-corrected chi connectivity index (χ1v) is 14.8. The number of hydrogen-bond donors (Lipinski definition) is 2. The van der Waals surface area contributed by atoms with Crippen LogP contribution in [0.15, 0.2) is 77.2 Å². The standard InChI is InChI=1S/C31H38N6O5S/c1-30(2,3)34-29(40)42-31(23-38,17-7-8-18-33-28(39)41-22-25-10-5-4-6-11-25)37(21-27-12-9-19-43-27)20-24-13-15-26(16-14-24)35-36-32/h4-6,9-16,19,23H,7-8,17-18,20-22H2,1-3H3,(H,33,39)(H,34,40)/t31-/m0/s1. The number of rotatable bonds is 15. The van der Waals surface area contributed by atoms with E-state index in [9.17, 15) is 14.4 Å². The van der Waals surface area contributed by atoms with Crippen molar-refractivity contribution in [3.63, 3.8) is 0 Å². The van der Waals surface area contributed by atoms with Crippen LogP contribution < -0.4 is 10.6 Å². The molecule has 0 unspecified atom stereocenters. The van der Waals surface area contributed by atoms with Gasteiger partial charge in [-0.3, -0.25) is 9.69 Å². The van der Waals surface area contributed by atoms with Crippen LogP contribution in [0.2, 0.25) is 0 Å². The lowest BCUT2D eigenvalue weighted by Crippen LogP contribution is -2.55. The first kappa shape index (κ1) is 33.1. The van der Waals surface area contributed by atoms with Crippen molar-refractivity contribution in [2.24, 2.45) is 5.11 Å². The second-order valence-corrected chi connectivity index (χ2v) is 12.0. The number of carbonyl (C=O) groups is 3. The van der Waals surface area contributed by atoms with Gasteiger partial charge in [0.15, 0.2) is 6.29 Å². The number of ether oxygens (including phenoxy) is 2. The molecule has 12 heteroatoms. The summed E-state index contributed by atoms with van der Waals surface area (Å²) in [5.74, 6) is 0. The number of alkyl carbamates (subject to hydrolysis) is 2. The van der Waals surface area contributed by atoms with E-state index in [4.69, 9.17) is 15.0 Å². The van der Waals surface area contributed by atoms with Crippen molar-refractivity contribution < 1.29 is 23.9 Å². The molecule has 2 amide bonds. The van der Waals surface area contributed by atoms with Crippen LogP contribution in [0.25, 0.3) is 10.4 Å². The summed E-state index contributed by atoms with van der Waals surface area (Å²) < 4.78 is 11.2. The molecule has 0 aliphatic heterocycles. The predicted octanol–water partition coefficient (Wildman–Crippen LogP) is 7.21. The largest absolute Gasteiger partial charge is 0.445 e. The normalized spacial score (nSPS) is 12.5. The van der Waals surface area contributed by atoms with Crippen molar-refractivity contribution in [2.75, 3.05) is 6.54 Å². The molecule has 43 heavy (non-hydrogen) atoms. The Labute approximate surface area is 255 Å². The fourth-order valence-corrected chi connectivity index (χ4v) is 4.97. The van der Waals surface area contributed by atoms with E-state index in [1.165, 1.54) is 11.3 Å². The first-order chi connectivity index (χ1) is 20.6. The zero-order valence-electron chi connectivity index (χ0n) is 24.7. The molecule has 0 aliphatic carbocycles. The van der Waals surface area contributed by atoms with Crippen molar-refractivity contribution in [2.45, 2.75) is 71.0 Å². The molecule has 0 saturated carbocycles. The van der Waals surface area contributed by atoms with Crippen LogP contribution in [0.1, 0.15) is 56.0 Å². The first-order valence-electron chi connectivity index (χ1n) is 14.0. The monoisotopic (exact) mass is 606 g/mol. The Morgan fingerprint density at radius 3 is 2.35 bits per heavy atom. The van der Waals surface area contributed by atoms with Crippen LogP contribution in [0.3, 0.4) is 0 Å². The zero-order valence-corrected chi connectivity index (χ0v) is 25.5. The van der Waals surface area contributed by atoms with E-state index < -0.39 is 23.5 Å². The maximum absolute atomic E-state index is 13.0. The van der Waals surface area contributed by atoms with Crippen molar-refractivity contribution in [1.82, 2.24) is 15.5 Å². The fraction of sp³-hybridized carbons (Fsp3) is 0.387. The van der Waals surface area contributed by atoms with Gasteiger partial charge in [-0.25, -0.2) is 9.59 Å². The molecule has 3 aromatic rings. The Morgan fingerprint density at radius 2 is 1.72 bits per heavy atom. The molecule has 11 nitrogen and oxygen atoms in total. The topological polar surface area (TPSA) is 146 Å². The molecule has 3 rings (SSSR count). The Bertz CT molecular complexity index is 1360. The second-order valence-electron chi connectivity index (χ2n) is 11.0. The van der Waals surface area contributed by atoms with Gasteiger partial charge in [0.05, 0.1) is 0 Å². The maximum atomic E-state index is 13.0. The number of benzene rings is 2. The number of amides is 2. The number of hydrogen-bond acceptors (Lipinski definition) is 8. The molecule has 2 N–H and O–H groups in total. The van der Waals surface area contributed by atoms with Crippen LogP contribution in [-0.2, 0) is 34.0 Å². The number of azide groups is 1. The lowest BCUT2D eigenvalue weighted by Gasteiger charge is -2.39. The highest BCUT2D eigenvalue weighted by Gasteiger charge is 2.41. The van der Waals surface area contributed by atoms with Gasteiger partial charge in [-0.1, -0.05) is 65.8 Å². The van der Waals surface area contributed by atoms with Crippen molar-refractivity contribution in [1.29, 1.82) is 0 Å². The van der Waals surface area contributed by atoms with Crippen LogP contribution in [0.4, 0.5) is 15.3 Å². The van der Waals surface area contributed by atoms with Crippen molar-refractivity contribution >= 4 is 35.5 Å². The number of nitrogens with zero attached hydrogens (tertiary/aromatic N) is 4. The van der Waals surface area contributed by atoms with Gasteiger partial charge in [0.25, 0.3) is 0 Å². The molecular formula is C31H38N6O5S. The summed E-state index contributed by atoms with van der Waals surface area (Å²) in [4.78, 5) is 43.8. The minimum absolute atomic E-state index is 0.166. The lowest BCUT2D eigenvalue weighted by atomic mass is 10.0. The minimum Gasteiger partial charge on any atom is -0.445 e. The SMILES string of the molecule is CC(C)(C)NC(=O)O[C@](C=O)(CCCCNC(=O)OCc1ccccc1)N(Cc1ccc(N=[N+]=[N-])cc1)Cc1cccs1. The Kier molecular flexibility index (Phi) is 12.6. The number of unbranched alkanes of at least 4 members (excludes halogenated alkanes) is 1. The smallest absolute Gasteiger partial charge is 0.409 e. The molecule has 1 atom stereocenters. The average molecular weight is 607 g/mol. The van der Waals surface area contributed by atoms with Gasteiger partial charge in [0.1, 0.15) is 6.61 Å². The van der Waals surface area contributed by atoms with Crippen LogP contribution >= 0.6 is 11.3 Å². The quantitative estimate of drug-likeness (QED) is 0.0467. The maximum Gasteiger partial charge on any atom is 0.409 e. The number of thiophene rings is 1. The summed E-state index contributed by atoms with van der Waals surface area (Å²) in [6, 6.07) is 20.3. The summed E-state index contributed by atoms with van der Waals surface area (Å²) in [6.45, 7) is 6.60. The summed E-state index contributed by atoms with van der Waals surface area (Å²) in [6.07, 6.45) is 0.618. The molecule has 1 heterocycles. The van der Waals surface area contributed by atoms with Gasteiger partial charge in [-0.2, -0.15) is 0 Å². The van der Waals surface area contributed by atoms with E-state index in [1.54, 1.807) is 24.3 Å². The molecule has 0 saturated heterocycles. The highest BCUT2D eigenvalue weighted by molar-refractivity contribution is 7.09. The summed E-state index contributed by atoms with van der Waals surface area (Å²) in [5, 5.41) is 11.1. The number of carbonyl (C=O) groups excluding carboxylic acids is 3. The molecule has 0 fully saturated rings. The molecule has 0 bridgehead atoms. The molecule has 1 aromatic heterocycles. The van der Waals surface area contributed by atoms with E-state index in [2.05, 4.69) is 20.7 Å². The number of aldehydes is 1. The number of nitrogens with one attached hydrogen (secondary N) is 2. The molecule has 228 valence electrons.